The molecule has 0 saturated carbocycles. The van der Waals surface area contributed by atoms with E-state index in [9.17, 15) is 18.0 Å². The molecule has 0 unspecified atom stereocenters. The molecule has 0 fully saturated rings. The standard InChI is InChI=1S/C21H18F3N3O2S/c1-13-9-14-5-2-3-8-17(14)27(13)19(28)12-30-11-18-25-20(26-29-18)15-6-4-7-16(10-15)21(22,23)24/h2-8,10,13H,9,11-12H2,1H3/t13-/m0/s1. The summed E-state index contributed by atoms with van der Waals surface area (Å²) in [4.78, 5) is 18.7. The Morgan fingerprint density at radius 1 is 1.23 bits per heavy atom. The van der Waals surface area contributed by atoms with Gasteiger partial charge in [0.15, 0.2) is 0 Å². The summed E-state index contributed by atoms with van der Waals surface area (Å²) in [7, 11) is 0. The number of para-hydroxylation sites is 1. The number of rotatable bonds is 5. The number of hydrogen-bond donors (Lipinski definition) is 0. The van der Waals surface area contributed by atoms with Gasteiger partial charge < -0.3 is 9.42 Å². The molecule has 3 aromatic rings. The van der Waals surface area contributed by atoms with Gasteiger partial charge in [-0.25, -0.2) is 0 Å². The first-order valence-corrected chi connectivity index (χ1v) is 10.5. The van der Waals surface area contributed by atoms with Gasteiger partial charge in [0.2, 0.25) is 17.6 Å². The molecule has 1 atom stereocenters. The minimum Gasteiger partial charge on any atom is -0.338 e. The molecule has 156 valence electrons. The van der Waals surface area contributed by atoms with E-state index in [4.69, 9.17) is 4.52 Å². The van der Waals surface area contributed by atoms with Gasteiger partial charge in [0.1, 0.15) is 0 Å². The first-order chi connectivity index (χ1) is 14.3. The monoisotopic (exact) mass is 433 g/mol. The first kappa shape index (κ1) is 20.5. The van der Waals surface area contributed by atoms with Crippen LogP contribution in [0, 0.1) is 0 Å². The minimum atomic E-state index is -4.44. The highest BCUT2D eigenvalue weighted by Gasteiger charge is 2.31. The van der Waals surface area contributed by atoms with Gasteiger partial charge in [0, 0.05) is 17.3 Å². The average molecular weight is 433 g/mol. The Kier molecular flexibility index (Phi) is 5.55. The van der Waals surface area contributed by atoms with Gasteiger partial charge in [-0.1, -0.05) is 35.5 Å². The molecule has 30 heavy (non-hydrogen) atoms. The Morgan fingerprint density at radius 3 is 2.83 bits per heavy atom. The van der Waals surface area contributed by atoms with Crippen molar-refractivity contribution >= 4 is 23.4 Å². The fraction of sp³-hybridized carbons (Fsp3) is 0.286. The highest BCUT2D eigenvalue weighted by molar-refractivity contribution is 7.99. The topological polar surface area (TPSA) is 59.2 Å². The second-order valence-corrected chi connectivity index (χ2v) is 8.01. The molecule has 5 nitrogen and oxygen atoms in total. The molecule has 1 amide bonds. The van der Waals surface area contributed by atoms with Gasteiger partial charge in [-0.3, -0.25) is 4.79 Å². The van der Waals surface area contributed by atoms with Crippen molar-refractivity contribution in [1.82, 2.24) is 10.1 Å². The third kappa shape index (κ3) is 4.21. The van der Waals surface area contributed by atoms with Gasteiger partial charge in [0.05, 0.1) is 17.1 Å². The summed E-state index contributed by atoms with van der Waals surface area (Å²) in [5.41, 5.74) is 1.56. The molecule has 1 aliphatic heterocycles. The maximum absolute atomic E-state index is 12.9. The number of carbonyl (C=O) groups excluding carboxylic acids is 1. The number of alkyl halides is 3. The number of anilines is 1. The Morgan fingerprint density at radius 2 is 2.03 bits per heavy atom. The van der Waals surface area contributed by atoms with Crippen molar-refractivity contribution in [1.29, 1.82) is 0 Å². The van der Waals surface area contributed by atoms with E-state index >= 15 is 0 Å². The average Bonchev–Trinajstić information content (AvgIpc) is 3.31. The molecule has 0 saturated heterocycles. The molecule has 1 aliphatic rings. The summed E-state index contributed by atoms with van der Waals surface area (Å²) in [5, 5.41) is 3.76. The highest BCUT2D eigenvalue weighted by atomic mass is 32.2. The van der Waals surface area contributed by atoms with Crippen LogP contribution < -0.4 is 4.90 Å². The zero-order valence-electron chi connectivity index (χ0n) is 16.0. The lowest BCUT2D eigenvalue weighted by Crippen LogP contribution is -2.37. The zero-order valence-corrected chi connectivity index (χ0v) is 16.8. The Hall–Kier alpha value is -2.81. The molecule has 2 heterocycles. The number of halogens is 3. The second kappa shape index (κ2) is 8.14. The van der Waals surface area contributed by atoms with Crippen LogP contribution in [0.25, 0.3) is 11.4 Å². The normalized spacial score (nSPS) is 16.0. The van der Waals surface area contributed by atoms with Gasteiger partial charge in [-0.15, -0.1) is 11.8 Å². The molecule has 0 spiro atoms. The molecule has 9 heteroatoms. The van der Waals surface area contributed by atoms with Crippen LogP contribution in [0.2, 0.25) is 0 Å². The van der Waals surface area contributed by atoms with E-state index < -0.39 is 11.7 Å². The summed E-state index contributed by atoms with van der Waals surface area (Å²) < 4.78 is 43.8. The molecule has 0 N–H and O–H groups in total. The van der Waals surface area contributed by atoms with E-state index in [1.54, 1.807) is 0 Å². The van der Waals surface area contributed by atoms with Crippen molar-refractivity contribution in [2.75, 3.05) is 10.7 Å². The number of thioether (sulfide) groups is 1. The Balaban J connectivity index is 1.37. The van der Waals surface area contributed by atoms with Crippen LogP contribution in [0.15, 0.2) is 53.1 Å². The van der Waals surface area contributed by atoms with E-state index in [1.165, 1.54) is 23.9 Å². The summed E-state index contributed by atoms with van der Waals surface area (Å²) in [5.74, 6) is 0.872. The fourth-order valence-electron chi connectivity index (χ4n) is 3.51. The van der Waals surface area contributed by atoms with Gasteiger partial charge >= 0.3 is 6.18 Å². The molecular weight excluding hydrogens is 415 g/mol. The van der Waals surface area contributed by atoms with E-state index in [2.05, 4.69) is 10.1 Å². The zero-order chi connectivity index (χ0) is 21.3. The molecule has 4 rings (SSSR count). The van der Waals surface area contributed by atoms with E-state index in [0.717, 1.165) is 29.8 Å². The SMILES string of the molecule is C[C@H]1Cc2ccccc2N1C(=O)CSCc1nc(-c2cccc(C(F)(F)F)c2)no1. The van der Waals surface area contributed by atoms with Gasteiger partial charge in [-0.2, -0.15) is 18.2 Å². The summed E-state index contributed by atoms with van der Waals surface area (Å²) in [6.45, 7) is 2.02. The molecule has 2 aromatic carbocycles. The third-order valence-corrected chi connectivity index (χ3v) is 5.75. The van der Waals surface area contributed by atoms with Crippen LogP contribution in [0.1, 0.15) is 23.9 Å². The van der Waals surface area contributed by atoms with Crippen molar-refractivity contribution < 1.29 is 22.5 Å². The van der Waals surface area contributed by atoms with E-state index in [1.807, 2.05) is 36.1 Å². The van der Waals surface area contributed by atoms with Crippen molar-refractivity contribution in [2.45, 2.75) is 31.3 Å². The van der Waals surface area contributed by atoms with Crippen molar-refractivity contribution in [3.05, 3.63) is 65.5 Å². The van der Waals surface area contributed by atoms with Crippen LogP contribution in [-0.4, -0.2) is 27.8 Å². The maximum Gasteiger partial charge on any atom is 0.416 e. The van der Waals surface area contributed by atoms with Crippen molar-refractivity contribution in [3.8, 4) is 11.4 Å². The smallest absolute Gasteiger partial charge is 0.338 e. The van der Waals surface area contributed by atoms with Crippen molar-refractivity contribution in [3.63, 3.8) is 0 Å². The predicted octanol–water partition coefficient (Wildman–Crippen LogP) is 4.97. The number of carbonyl (C=O) groups is 1. The molecule has 0 bridgehead atoms. The fourth-order valence-corrected chi connectivity index (χ4v) is 4.21. The van der Waals surface area contributed by atoms with Gasteiger partial charge in [-0.05, 0) is 37.1 Å². The Bertz CT molecular complexity index is 1070. The minimum absolute atomic E-state index is 0.00457. The summed E-state index contributed by atoms with van der Waals surface area (Å²) in [6.07, 6.45) is -3.61. The number of fused-ring (bicyclic) bond motifs is 1. The summed E-state index contributed by atoms with van der Waals surface area (Å²) >= 11 is 1.33. The van der Waals surface area contributed by atoms with E-state index in [0.29, 0.717) is 5.75 Å². The molecule has 0 radical (unpaired) electrons. The van der Waals surface area contributed by atoms with Crippen LogP contribution in [0.3, 0.4) is 0 Å². The first-order valence-electron chi connectivity index (χ1n) is 9.31. The summed E-state index contributed by atoms with van der Waals surface area (Å²) in [6, 6.07) is 12.7. The second-order valence-electron chi connectivity index (χ2n) is 7.03. The lowest BCUT2D eigenvalue weighted by molar-refractivity contribution is -0.137. The van der Waals surface area contributed by atoms with Gasteiger partial charge in [0.25, 0.3) is 0 Å². The highest BCUT2D eigenvalue weighted by Crippen LogP contribution is 2.33. The largest absolute Gasteiger partial charge is 0.416 e. The maximum atomic E-state index is 12.9. The number of hydrogen-bond acceptors (Lipinski definition) is 5. The number of nitrogens with zero attached hydrogens (tertiary/aromatic N) is 3. The lowest BCUT2D eigenvalue weighted by atomic mass is 10.1. The Labute approximate surface area is 175 Å². The van der Waals surface area contributed by atoms with Crippen LogP contribution in [0.5, 0.6) is 0 Å². The van der Waals surface area contributed by atoms with E-state index in [-0.39, 0.29) is 35.0 Å². The molecular formula is C21H18F3N3O2S. The lowest BCUT2D eigenvalue weighted by Gasteiger charge is -2.22. The number of aromatic nitrogens is 2. The number of benzene rings is 2. The quantitative estimate of drug-likeness (QED) is 0.569. The third-order valence-electron chi connectivity index (χ3n) is 4.84. The predicted molar refractivity (Wildman–Crippen MR) is 108 cm³/mol. The molecule has 0 aliphatic carbocycles. The van der Waals surface area contributed by atoms with Crippen LogP contribution in [0.4, 0.5) is 18.9 Å². The molecule has 1 aromatic heterocycles. The van der Waals surface area contributed by atoms with Crippen LogP contribution in [-0.2, 0) is 23.1 Å². The van der Waals surface area contributed by atoms with Crippen LogP contribution >= 0.6 is 11.8 Å². The number of amides is 1. The van der Waals surface area contributed by atoms with Crippen molar-refractivity contribution in [2.24, 2.45) is 0 Å².